The molecule has 4 N–H and O–H groups in total. The number of carbonyl (C=O) groups is 6. The molecule has 4 heterocycles. The zero-order valence-electron chi connectivity index (χ0n) is 22.0. The maximum absolute atomic E-state index is 12.3. The summed E-state index contributed by atoms with van der Waals surface area (Å²) < 4.78 is 0. The highest BCUT2D eigenvalue weighted by Gasteiger charge is 2.35. The molecular formula is C26H21N11O6. The lowest BCUT2D eigenvalue weighted by Crippen LogP contribution is -2.57. The molecule has 2 aliphatic rings. The van der Waals surface area contributed by atoms with Crippen LogP contribution in [0.25, 0.3) is 0 Å². The summed E-state index contributed by atoms with van der Waals surface area (Å²) in [6, 6.07) is 10.2. The summed E-state index contributed by atoms with van der Waals surface area (Å²) in [5.74, 6) is -3.82. The number of benzene rings is 1. The Labute approximate surface area is 241 Å². The fourth-order valence-corrected chi connectivity index (χ4v) is 4.00. The van der Waals surface area contributed by atoms with Gasteiger partial charge in [0.1, 0.15) is 5.69 Å². The van der Waals surface area contributed by atoms with E-state index in [4.69, 9.17) is 0 Å². The van der Waals surface area contributed by atoms with Crippen molar-refractivity contribution in [3.8, 4) is 0 Å². The molecule has 2 saturated heterocycles. The molecule has 2 aliphatic heterocycles. The van der Waals surface area contributed by atoms with Gasteiger partial charge in [-0.05, 0) is 42.5 Å². The third-order valence-corrected chi connectivity index (χ3v) is 5.97. The topological polar surface area (TPSA) is 229 Å². The molecule has 17 heteroatoms. The summed E-state index contributed by atoms with van der Waals surface area (Å²) in [5, 5.41) is 23.5. The molecule has 2 fully saturated rings. The second-order valence-corrected chi connectivity index (χ2v) is 9.02. The van der Waals surface area contributed by atoms with Crippen LogP contribution in [0.5, 0.6) is 0 Å². The molecule has 216 valence electrons. The van der Waals surface area contributed by atoms with Crippen molar-refractivity contribution in [1.29, 1.82) is 0 Å². The van der Waals surface area contributed by atoms with Crippen molar-refractivity contribution in [3.63, 3.8) is 0 Å². The minimum atomic E-state index is -1.65. The zero-order valence-corrected chi connectivity index (χ0v) is 22.0. The van der Waals surface area contributed by atoms with E-state index in [0.717, 1.165) is 0 Å². The molecule has 0 radical (unpaired) electrons. The van der Waals surface area contributed by atoms with Gasteiger partial charge in [0.15, 0.2) is 0 Å². The van der Waals surface area contributed by atoms with Gasteiger partial charge < -0.3 is 4.90 Å². The molecular weight excluding hydrogens is 562 g/mol. The highest BCUT2D eigenvalue weighted by molar-refractivity contribution is 6.19. The first-order chi connectivity index (χ1) is 20.8. The zero-order chi connectivity index (χ0) is 30.3. The smallest absolute Gasteiger partial charge is 0.328 e. The van der Waals surface area contributed by atoms with Crippen LogP contribution in [0.2, 0.25) is 0 Å². The Morgan fingerprint density at radius 2 is 1.12 bits per heavy atom. The molecule has 3 aromatic rings. The molecule has 0 bridgehead atoms. The minimum absolute atomic E-state index is 0.119. The molecule has 0 saturated carbocycles. The first-order valence-corrected chi connectivity index (χ1v) is 12.6. The van der Waals surface area contributed by atoms with Gasteiger partial charge in [0.25, 0.3) is 23.6 Å². The number of pyridine rings is 2. The fraction of sp³-hybridized carbons (Fsp3) is 0.154. The van der Waals surface area contributed by atoms with Gasteiger partial charge in [-0.1, -0.05) is 12.1 Å². The monoisotopic (exact) mass is 583 g/mol. The van der Waals surface area contributed by atoms with E-state index in [1.165, 1.54) is 12.1 Å². The van der Waals surface area contributed by atoms with E-state index in [1.54, 1.807) is 30.6 Å². The second-order valence-electron chi connectivity index (χ2n) is 9.02. The number of aromatic nitrogens is 2. The molecule has 0 unspecified atom stereocenters. The van der Waals surface area contributed by atoms with Gasteiger partial charge in [-0.2, -0.15) is 20.5 Å². The number of nitrogens with zero attached hydrogens (tertiary/aromatic N) is 7. The van der Waals surface area contributed by atoms with Gasteiger partial charge in [0, 0.05) is 12.4 Å². The Bertz CT molecular complexity index is 1580. The number of rotatable bonds is 9. The van der Waals surface area contributed by atoms with Crippen LogP contribution in [0.4, 0.5) is 26.7 Å². The molecule has 1 aromatic carbocycles. The predicted octanol–water partition coefficient (Wildman–Crippen LogP) is 1.32. The summed E-state index contributed by atoms with van der Waals surface area (Å²) in [5.41, 5.74) is 2.12. The molecule has 0 aliphatic carbocycles. The SMILES string of the molecule is O=C1NC(=O)C(/N=N/c2ccc(N(Cc3ccccn3)Cc3ccccn3)c(/N=N/C3C(=O)NC(=O)NC3=O)c2)C(=O)N1. The average Bonchev–Trinajstić information content (AvgIpc) is 2.97. The molecule has 17 nitrogen and oxygen atoms in total. The van der Waals surface area contributed by atoms with Gasteiger partial charge in [-0.3, -0.25) is 50.4 Å². The van der Waals surface area contributed by atoms with E-state index in [1.807, 2.05) is 50.4 Å². The summed E-state index contributed by atoms with van der Waals surface area (Å²) in [6.07, 6.45) is 3.29. The van der Waals surface area contributed by atoms with E-state index in [2.05, 4.69) is 30.4 Å². The maximum atomic E-state index is 12.3. The number of azo groups is 2. The first-order valence-electron chi connectivity index (χ1n) is 12.6. The Hall–Kier alpha value is -6.26. The maximum Gasteiger partial charge on any atom is 0.328 e. The van der Waals surface area contributed by atoms with Crippen LogP contribution in [-0.4, -0.2) is 57.7 Å². The van der Waals surface area contributed by atoms with Crippen LogP contribution in [0, 0.1) is 0 Å². The van der Waals surface area contributed by atoms with Crippen molar-refractivity contribution in [2.45, 2.75) is 25.2 Å². The molecule has 8 amide bonds. The van der Waals surface area contributed by atoms with E-state index < -0.39 is 47.8 Å². The Balaban J connectivity index is 1.53. The van der Waals surface area contributed by atoms with Crippen molar-refractivity contribution >= 4 is 52.8 Å². The van der Waals surface area contributed by atoms with E-state index in [0.29, 0.717) is 17.1 Å². The molecule has 0 atom stereocenters. The third-order valence-electron chi connectivity index (χ3n) is 5.97. The Morgan fingerprint density at radius 1 is 0.628 bits per heavy atom. The predicted molar refractivity (Wildman–Crippen MR) is 145 cm³/mol. The highest BCUT2D eigenvalue weighted by atomic mass is 16.2. The lowest BCUT2D eigenvalue weighted by atomic mass is 10.2. The minimum Gasteiger partial charge on any atom is -0.358 e. The van der Waals surface area contributed by atoms with Crippen molar-refractivity contribution in [3.05, 3.63) is 78.4 Å². The van der Waals surface area contributed by atoms with Crippen molar-refractivity contribution in [2.24, 2.45) is 20.5 Å². The van der Waals surface area contributed by atoms with E-state index >= 15 is 0 Å². The van der Waals surface area contributed by atoms with E-state index in [-0.39, 0.29) is 24.5 Å². The van der Waals surface area contributed by atoms with Gasteiger partial charge >= 0.3 is 12.1 Å². The largest absolute Gasteiger partial charge is 0.358 e. The van der Waals surface area contributed by atoms with Crippen LogP contribution < -0.4 is 26.2 Å². The number of imide groups is 4. The summed E-state index contributed by atoms with van der Waals surface area (Å²) in [6.45, 7) is 0.576. The van der Waals surface area contributed by atoms with Crippen LogP contribution >= 0.6 is 0 Å². The Morgan fingerprint density at radius 3 is 1.58 bits per heavy atom. The molecule has 0 spiro atoms. The van der Waals surface area contributed by atoms with Gasteiger partial charge in [-0.15, -0.1) is 0 Å². The van der Waals surface area contributed by atoms with Crippen LogP contribution in [0.1, 0.15) is 11.4 Å². The number of nitrogens with one attached hydrogen (secondary N) is 4. The lowest BCUT2D eigenvalue weighted by molar-refractivity contribution is -0.133. The number of amides is 8. The molecule has 2 aromatic heterocycles. The fourth-order valence-electron chi connectivity index (χ4n) is 4.00. The molecule has 5 rings (SSSR count). The van der Waals surface area contributed by atoms with Crippen LogP contribution in [-0.2, 0) is 32.3 Å². The quantitative estimate of drug-likeness (QED) is 0.210. The van der Waals surface area contributed by atoms with Crippen molar-refractivity contribution in [2.75, 3.05) is 4.90 Å². The lowest BCUT2D eigenvalue weighted by Gasteiger charge is -2.25. The van der Waals surface area contributed by atoms with Crippen molar-refractivity contribution < 1.29 is 28.8 Å². The summed E-state index contributed by atoms with van der Waals surface area (Å²) >= 11 is 0. The number of hydrogen-bond acceptors (Lipinski definition) is 13. The van der Waals surface area contributed by atoms with Gasteiger partial charge in [-0.25, -0.2) is 9.59 Å². The van der Waals surface area contributed by atoms with Crippen molar-refractivity contribution in [1.82, 2.24) is 31.2 Å². The number of anilines is 1. The van der Waals surface area contributed by atoms with Crippen LogP contribution in [0.15, 0.2) is 87.4 Å². The normalized spacial score (nSPS) is 16.3. The van der Waals surface area contributed by atoms with E-state index in [9.17, 15) is 28.8 Å². The number of barbiturate groups is 2. The second kappa shape index (κ2) is 12.5. The number of carbonyl (C=O) groups excluding carboxylic acids is 6. The first kappa shape index (κ1) is 28.3. The number of urea groups is 2. The number of hydrogen-bond donors (Lipinski definition) is 4. The average molecular weight is 584 g/mol. The summed E-state index contributed by atoms with van der Waals surface area (Å²) in [4.78, 5) is 82.1. The van der Waals surface area contributed by atoms with Gasteiger partial charge in [0.05, 0.1) is 35.9 Å². The standard InChI is InChI=1S/C26H21N11O6/c38-21-19(22(39)30-25(42)29-21)35-33-14-7-8-18(17(11-14)34-36-20-23(40)31-26(43)32-24(20)41)37(12-15-5-1-3-9-27-15)13-16-6-2-4-10-28-16/h1-11,19-20H,12-13H2,(H2,29,30,38,39,42)(H2,31,32,40,41,43)/b35-33+,36-34+. The summed E-state index contributed by atoms with van der Waals surface area (Å²) in [7, 11) is 0. The van der Waals surface area contributed by atoms with Gasteiger partial charge in [0.2, 0.25) is 12.1 Å². The highest BCUT2D eigenvalue weighted by Crippen LogP contribution is 2.35. The molecule has 43 heavy (non-hydrogen) atoms. The third kappa shape index (κ3) is 6.91. The Kier molecular flexibility index (Phi) is 8.22. The van der Waals surface area contributed by atoms with Crippen LogP contribution in [0.3, 0.4) is 0 Å².